The second-order valence-corrected chi connectivity index (χ2v) is 6.77. The minimum Gasteiger partial charge on any atom is -0.338 e. The highest BCUT2D eigenvalue weighted by Crippen LogP contribution is 2.29. The number of amides is 2. The van der Waals surface area contributed by atoms with Gasteiger partial charge in [0.15, 0.2) is 0 Å². The summed E-state index contributed by atoms with van der Waals surface area (Å²) < 4.78 is 13.6. The van der Waals surface area contributed by atoms with Gasteiger partial charge in [0.05, 0.1) is 5.92 Å². The summed E-state index contributed by atoms with van der Waals surface area (Å²) in [6.45, 7) is 5.54. The van der Waals surface area contributed by atoms with Gasteiger partial charge in [0, 0.05) is 31.2 Å². The quantitative estimate of drug-likeness (QED) is 0.769. The number of piperidine rings is 1. The lowest BCUT2D eigenvalue weighted by Gasteiger charge is -2.36. The highest BCUT2D eigenvalue weighted by atomic mass is 35.5. The van der Waals surface area contributed by atoms with Gasteiger partial charge in [-0.3, -0.25) is 9.59 Å². The number of hydrogen-bond acceptors (Lipinski definition) is 2. The van der Waals surface area contributed by atoms with Crippen LogP contribution in [0.1, 0.15) is 24.0 Å². The molecule has 128 valence electrons. The first-order chi connectivity index (χ1) is 11.5. The lowest BCUT2D eigenvalue weighted by Crippen LogP contribution is -2.47. The summed E-state index contributed by atoms with van der Waals surface area (Å²) in [5, 5.41) is 0.428. The largest absolute Gasteiger partial charge is 0.338 e. The van der Waals surface area contributed by atoms with E-state index in [1.807, 2.05) is 0 Å². The zero-order valence-electron chi connectivity index (χ0n) is 13.4. The molecule has 0 N–H and O–H groups in total. The fourth-order valence-electron chi connectivity index (χ4n) is 3.56. The third-order valence-corrected chi connectivity index (χ3v) is 5.15. The summed E-state index contributed by atoms with van der Waals surface area (Å²) in [5.74, 6) is -0.686. The fourth-order valence-corrected chi connectivity index (χ4v) is 3.88. The maximum atomic E-state index is 13.6. The van der Waals surface area contributed by atoms with Crippen LogP contribution in [-0.2, 0) is 22.6 Å². The van der Waals surface area contributed by atoms with E-state index in [-0.39, 0.29) is 23.5 Å². The van der Waals surface area contributed by atoms with Crippen molar-refractivity contribution in [3.05, 3.63) is 46.8 Å². The van der Waals surface area contributed by atoms with Crippen LogP contribution >= 0.6 is 11.6 Å². The van der Waals surface area contributed by atoms with Gasteiger partial charge in [-0.1, -0.05) is 18.2 Å². The highest BCUT2D eigenvalue weighted by molar-refractivity contribution is 6.31. The van der Waals surface area contributed by atoms with Crippen molar-refractivity contribution < 1.29 is 14.0 Å². The van der Waals surface area contributed by atoms with Crippen LogP contribution in [0.15, 0.2) is 24.8 Å². The molecule has 24 heavy (non-hydrogen) atoms. The molecule has 1 atom stereocenters. The van der Waals surface area contributed by atoms with Crippen LogP contribution < -0.4 is 0 Å². The SMILES string of the molecule is C=CC(=O)N1CCCC(C(=O)N2CCc3c(Cl)cc(F)cc3C2)C1. The van der Waals surface area contributed by atoms with E-state index in [1.165, 1.54) is 18.2 Å². The molecule has 0 spiro atoms. The Kier molecular flexibility index (Phi) is 4.90. The summed E-state index contributed by atoms with van der Waals surface area (Å²) in [7, 11) is 0. The molecule has 1 aromatic rings. The first-order valence-electron chi connectivity index (χ1n) is 8.16. The summed E-state index contributed by atoms with van der Waals surface area (Å²) in [5.41, 5.74) is 1.70. The molecule has 0 radical (unpaired) electrons. The predicted molar refractivity (Wildman–Crippen MR) is 90.0 cm³/mol. The lowest BCUT2D eigenvalue weighted by atomic mass is 9.93. The van der Waals surface area contributed by atoms with E-state index in [2.05, 4.69) is 6.58 Å². The minimum atomic E-state index is -0.381. The van der Waals surface area contributed by atoms with Gasteiger partial charge in [0.25, 0.3) is 0 Å². The molecule has 2 amide bonds. The van der Waals surface area contributed by atoms with E-state index in [0.717, 1.165) is 24.0 Å². The molecule has 2 aliphatic heterocycles. The molecule has 2 aliphatic rings. The Morgan fingerprint density at radius 3 is 2.83 bits per heavy atom. The van der Waals surface area contributed by atoms with Gasteiger partial charge in [0.1, 0.15) is 5.82 Å². The molecule has 4 nitrogen and oxygen atoms in total. The van der Waals surface area contributed by atoms with Crippen LogP contribution in [0, 0.1) is 11.7 Å². The molecule has 0 bridgehead atoms. The standard InChI is InChI=1S/C18H20ClFN2O2/c1-2-17(23)21-6-3-4-12(10-21)18(24)22-7-5-15-13(11-22)8-14(20)9-16(15)19/h2,8-9,12H,1,3-7,10-11H2. The molecule has 1 saturated heterocycles. The minimum absolute atomic E-state index is 0.0302. The van der Waals surface area contributed by atoms with Gasteiger partial charge < -0.3 is 9.80 Å². The number of fused-ring (bicyclic) bond motifs is 1. The highest BCUT2D eigenvalue weighted by Gasteiger charge is 2.32. The maximum Gasteiger partial charge on any atom is 0.245 e. The van der Waals surface area contributed by atoms with Crippen molar-refractivity contribution in [2.75, 3.05) is 19.6 Å². The normalized spacial score (nSPS) is 20.5. The summed E-state index contributed by atoms with van der Waals surface area (Å²) in [4.78, 5) is 28.0. The Morgan fingerprint density at radius 2 is 2.08 bits per heavy atom. The molecule has 3 rings (SSSR count). The molecule has 6 heteroatoms. The molecule has 1 unspecified atom stereocenters. The van der Waals surface area contributed by atoms with Crippen molar-refractivity contribution in [1.82, 2.24) is 9.80 Å². The van der Waals surface area contributed by atoms with E-state index in [9.17, 15) is 14.0 Å². The Morgan fingerprint density at radius 1 is 1.29 bits per heavy atom. The van der Waals surface area contributed by atoms with Crippen LogP contribution in [0.4, 0.5) is 4.39 Å². The van der Waals surface area contributed by atoms with Gasteiger partial charge >= 0.3 is 0 Å². The number of rotatable bonds is 2. The molecule has 0 saturated carbocycles. The van der Waals surface area contributed by atoms with Crippen molar-refractivity contribution in [1.29, 1.82) is 0 Å². The molecule has 2 heterocycles. The van der Waals surface area contributed by atoms with Gasteiger partial charge in [-0.05, 0) is 48.6 Å². The van der Waals surface area contributed by atoms with Crippen LogP contribution in [0.25, 0.3) is 0 Å². The average molecular weight is 351 g/mol. The fraction of sp³-hybridized carbons (Fsp3) is 0.444. The zero-order valence-corrected chi connectivity index (χ0v) is 14.2. The molecule has 1 fully saturated rings. The number of carbonyl (C=O) groups excluding carboxylic acids is 2. The van der Waals surface area contributed by atoms with E-state index < -0.39 is 0 Å². The Bertz CT molecular complexity index is 692. The van der Waals surface area contributed by atoms with Gasteiger partial charge in [-0.2, -0.15) is 0 Å². The molecule has 0 aromatic heterocycles. The maximum absolute atomic E-state index is 13.6. The Balaban J connectivity index is 1.72. The second kappa shape index (κ2) is 6.93. The molecular weight excluding hydrogens is 331 g/mol. The molecule has 0 aliphatic carbocycles. The number of carbonyl (C=O) groups is 2. The molecule has 1 aromatic carbocycles. The van der Waals surface area contributed by atoms with Crippen LogP contribution in [0.2, 0.25) is 5.02 Å². The van der Waals surface area contributed by atoms with E-state index in [1.54, 1.807) is 9.80 Å². The predicted octanol–water partition coefficient (Wildman–Crippen LogP) is 2.79. The Hall–Kier alpha value is -1.88. The topological polar surface area (TPSA) is 40.6 Å². The van der Waals surface area contributed by atoms with Crippen molar-refractivity contribution in [2.24, 2.45) is 5.92 Å². The van der Waals surface area contributed by atoms with Crippen molar-refractivity contribution in [2.45, 2.75) is 25.8 Å². The van der Waals surface area contributed by atoms with E-state index >= 15 is 0 Å². The van der Waals surface area contributed by atoms with Crippen molar-refractivity contribution in [3.8, 4) is 0 Å². The third-order valence-electron chi connectivity index (χ3n) is 4.81. The molecular formula is C18H20ClFN2O2. The first kappa shape index (κ1) is 17.0. The van der Waals surface area contributed by atoms with Crippen LogP contribution in [-0.4, -0.2) is 41.2 Å². The first-order valence-corrected chi connectivity index (χ1v) is 8.54. The summed E-state index contributed by atoms with van der Waals surface area (Å²) in [6, 6.07) is 2.77. The Labute approximate surface area is 145 Å². The lowest BCUT2D eigenvalue weighted by molar-refractivity contribution is -0.140. The smallest absolute Gasteiger partial charge is 0.245 e. The van der Waals surface area contributed by atoms with Gasteiger partial charge in [-0.15, -0.1) is 0 Å². The zero-order chi connectivity index (χ0) is 17.3. The average Bonchev–Trinajstić information content (AvgIpc) is 2.59. The van der Waals surface area contributed by atoms with Crippen LogP contribution in [0.3, 0.4) is 0 Å². The van der Waals surface area contributed by atoms with Crippen molar-refractivity contribution >= 4 is 23.4 Å². The number of halogens is 2. The van der Waals surface area contributed by atoms with Gasteiger partial charge in [-0.25, -0.2) is 4.39 Å². The number of benzene rings is 1. The summed E-state index contributed by atoms with van der Waals surface area (Å²) >= 11 is 6.10. The number of likely N-dealkylation sites (tertiary alicyclic amines) is 1. The monoisotopic (exact) mass is 350 g/mol. The number of hydrogen-bond donors (Lipinski definition) is 0. The van der Waals surface area contributed by atoms with Crippen molar-refractivity contribution in [3.63, 3.8) is 0 Å². The van der Waals surface area contributed by atoms with E-state index in [0.29, 0.717) is 37.6 Å². The van der Waals surface area contributed by atoms with Crippen LogP contribution in [0.5, 0.6) is 0 Å². The van der Waals surface area contributed by atoms with E-state index in [4.69, 9.17) is 11.6 Å². The number of nitrogens with zero attached hydrogens (tertiary/aromatic N) is 2. The second-order valence-electron chi connectivity index (χ2n) is 6.36. The third kappa shape index (κ3) is 3.31. The van der Waals surface area contributed by atoms with Gasteiger partial charge in [0.2, 0.25) is 11.8 Å². The summed E-state index contributed by atoms with van der Waals surface area (Å²) in [6.07, 6.45) is 3.49.